The smallest absolute Gasteiger partial charge is 0.408 e. The van der Waals surface area contributed by atoms with Crippen molar-refractivity contribution in [2.75, 3.05) is 11.9 Å². The van der Waals surface area contributed by atoms with Gasteiger partial charge in [-0.1, -0.05) is 11.6 Å². The number of rotatable bonds is 7. The second-order valence-electron chi connectivity index (χ2n) is 5.53. The summed E-state index contributed by atoms with van der Waals surface area (Å²) < 4.78 is 6.03. The summed E-state index contributed by atoms with van der Waals surface area (Å²) >= 11 is 6.68. The van der Waals surface area contributed by atoms with Crippen molar-refractivity contribution in [3.05, 3.63) is 36.8 Å². The van der Waals surface area contributed by atoms with E-state index in [1.54, 1.807) is 6.92 Å². The minimum Gasteiger partial charge on any atom is -0.462 e. The van der Waals surface area contributed by atoms with Gasteiger partial charge >= 0.3 is 11.8 Å². The number of nitrogens with zero attached hydrogens (tertiary/aromatic N) is 3. The molecule has 13 heteroatoms. The molecule has 0 radical (unpaired) electrons. The molecule has 0 aliphatic heterocycles. The molecular formula is C15H16ClN5O6S. The summed E-state index contributed by atoms with van der Waals surface area (Å²) in [6.45, 7) is 4.30. The lowest BCUT2D eigenvalue weighted by Crippen LogP contribution is -2.21. The van der Waals surface area contributed by atoms with Crippen LogP contribution in [0.4, 0.5) is 10.8 Å². The number of halogens is 1. The van der Waals surface area contributed by atoms with E-state index in [-0.39, 0.29) is 32.8 Å². The van der Waals surface area contributed by atoms with Crippen LogP contribution in [0.2, 0.25) is 5.02 Å². The molecule has 3 N–H and O–H groups in total. The maximum absolute atomic E-state index is 12.4. The average Bonchev–Trinajstić information content (AvgIpc) is 3.06. The van der Waals surface area contributed by atoms with Crippen LogP contribution in [0, 0.1) is 24.0 Å². The van der Waals surface area contributed by atoms with Gasteiger partial charge in [0.1, 0.15) is 11.5 Å². The number of anilines is 1. The van der Waals surface area contributed by atoms with E-state index in [4.69, 9.17) is 22.1 Å². The molecule has 0 aliphatic carbocycles. The molecule has 11 nitrogen and oxygen atoms in total. The first-order valence-corrected chi connectivity index (χ1v) is 9.05. The highest BCUT2D eigenvalue weighted by Gasteiger charge is 2.28. The molecule has 150 valence electrons. The molecule has 0 saturated heterocycles. The minimum atomic E-state index is -0.760. The standard InChI is InChI=1S/C15H16ClN5O6S/c1-4-27-15(24)9-6(2)11(12(17)23)28-14(9)18-8(22)5-20-7(3)10(16)13(19-20)21(25)26/h4-5H2,1-3H3,(H2,17,23)(H,18,22). The summed E-state index contributed by atoms with van der Waals surface area (Å²) in [5, 5.41) is 17.0. The van der Waals surface area contributed by atoms with Crippen molar-refractivity contribution in [2.24, 2.45) is 5.73 Å². The first-order chi connectivity index (χ1) is 13.1. The predicted octanol–water partition coefficient (Wildman–Crippen LogP) is 2.04. The summed E-state index contributed by atoms with van der Waals surface area (Å²) in [5.41, 5.74) is 5.85. The number of nitrogens with one attached hydrogen (secondary N) is 1. The Morgan fingerprint density at radius 1 is 1.39 bits per heavy atom. The third-order valence-corrected chi connectivity index (χ3v) is 5.35. The number of aromatic nitrogens is 2. The highest BCUT2D eigenvalue weighted by atomic mass is 35.5. The molecule has 0 aromatic carbocycles. The molecule has 0 bridgehead atoms. The van der Waals surface area contributed by atoms with Crippen LogP contribution in [0.1, 0.15) is 38.2 Å². The first-order valence-electron chi connectivity index (χ1n) is 7.85. The fraction of sp³-hybridized carbons (Fsp3) is 0.333. The van der Waals surface area contributed by atoms with Gasteiger partial charge in [-0.25, -0.2) is 4.79 Å². The van der Waals surface area contributed by atoms with E-state index >= 15 is 0 Å². The summed E-state index contributed by atoms with van der Waals surface area (Å²) in [5.74, 6) is -2.67. The van der Waals surface area contributed by atoms with E-state index in [0.717, 1.165) is 16.0 Å². The van der Waals surface area contributed by atoms with Gasteiger partial charge in [-0.3, -0.25) is 9.59 Å². The second kappa shape index (κ2) is 8.35. The summed E-state index contributed by atoms with van der Waals surface area (Å²) in [7, 11) is 0. The van der Waals surface area contributed by atoms with E-state index in [9.17, 15) is 24.5 Å². The number of esters is 1. The van der Waals surface area contributed by atoms with Crippen LogP contribution in [-0.2, 0) is 16.1 Å². The van der Waals surface area contributed by atoms with E-state index in [0.29, 0.717) is 5.56 Å². The number of amides is 2. The first kappa shape index (κ1) is 21.3. The van der Waals surface area contributed by atoms with Gasteiger partial charge in [0.15, 0.2) is 5.02 Å². The molecule has 2 amide bonds. The van der Waals surface area contributed by atoms with Gasteiger partial charge in [0.05, 0.1) is 27.8 Å². The zero-order valence-corrected chi connectivity index (χ0v) is 16.6. The van der Waals surface area contributed by atoms with Crippen LogP contribution in [0.5, 0.6) is 0 Å². The topological polar surface area (TPSA) is 159 Å². The van der Waals surface area contributed by atoms with Gasteiger partial charge in [0.25, 0.3) is 5.91 Å². The van der Waals surface area contributed by atoms with Crippen LogP contribution in [0.15, 0.2) is 0 Å². The minimum absolute atomic E-state index is 0.0233. The number of primary amides is 1. The summed E-state index contributed by atoms with van der Waals surface area (Å²) in [6, 6.07) is 0. The van der Waals surface area contributed by atoms with Gasteiger partial charge in [0, 0.05) is 0 Å². The zero-order valence-electron chi connectivity index (χ0n) is 15.1. The number of ether oxygens (including phenoxy) is 1. The lowest BCUT2D eigenvalue weighted by molar-refractivity contribution is -0.389. The Hall–Kier alpha value is -2.99. The molecule has 0 fully saturated rings. The number of carbonyl (C=O) groups excluding carboxylic acids is 3. The zero-order chi connectivity index (χ0) is 21.2. The number of thiophene rings is 1. The molecule has 0 spiro atoms. The van der Waals surface area contributed by atoms with Gasteiger partial charge in [0.2, 0.25) is 5.91 Å². The van der Waals surface area contributed by atoms with Crippen molar-refractivity contribution in [2.45, 2.75) is 27.3 Å². The molecule has 0 saturated carbocycles. The predicted molar refractivity (Wildman–Crippen MR) is 101 cm³/mol. The van der Waals surface area contributed by atoms with Crippen LogP contribution in [-0.4, -0.2) is 39.1 Å². The quantitative estimate of drug-likeness (QED) is 0.386. The molecule has 0 atom stereocenters. The number of nitrogens with two attached hydrogens (primary N) is 1. The highest BCUT2D eigenvalue weighted by Crippen LogP contribution is 2.33. The van der Waals surface area contributed by atoms with Gasteiger partial charge in [-0.05, 0) is 31.3 Å². The fourth-order valence-electron chi connectivity index (χ4n) is 2.37. The monoisotopic (exact) mass is 429 g/mol. The Balaban J connectivity index is 2.32. The highest BCUT2D eigenvalue weighted by molar-refractivity contribution is 7.18. The maximum Gasteiger partial charge on any atom is 0.408 e. The number of carbonyl (C=O) groups is 3. The summed E-state index contributed by atoms with van der Waals surface area (Å²) in [6.07, 6.45) is 0. The Kier molecular flexibility index (Phi) is 6.36. The van der Waals surface area contributed by atoms with Crippen LogP contribution in [0.25, 0.3) is 0 Å². The van der Waals surface area contributed by atoms with Crippen molar-refractivity contribution in [1.29, 1.82) is 0 Å². The van der Waals surface area contributed by atoms with Crippen molar-refractivity contribution >= 4 is 51.5 Å². The molecule has 2 heterocycles. The second-order valence-corrected chi connectivity index (χ2v) is 6.93. The van der Waals surface area contributed by atoms with Crippen molar-refractivity contribution in [3.63, 3.8) is 0 Å². The maximum atomic E-state index is 12.4. The number of hydrogen-bond acceptors (Lipinski definition) is 8. The molecule has 0 unspecified atom stereocenters. The van der Waals surface area contributed by atoms with Crippen LogP contribution >= 0.6 is 22.9 Å². The van der Waals surface area contributed by atoms with Gasteiger partial charge < -0.3 is 25.9 Å². The molecule has 2 aromatic rings. The average molecular weight is 430 g/mol. The third kappa shape index (κ3) is 4.12. The lowest BCUT2D eigenvalue weighted by Gasteiger charge is -2.07. The van der Waals surface area contributed by atoms with Crippen LogP contribution in [0.3, 0.4) is 0 Å². The van der Waals surface area contributed by atoms with E-state index < -0.39 is 35.1 Å². The Morgan fingerprint density at radius 3 is 2.54 bits per heavy atom. The van der Waals surface area contributed by atoms with E-state index in [1.165, 1.54) is 13.8 Å². The van der Waals surface area contributed by atoms with Gasteiger partial charge in [-0.2, -0.15) is 4.68 Å². The Morgan fingerprint density at radius 2 is 2.04 bits per heavy atom. The molecule has 0 aliphatic rings. The molecule has 2 rings (SSSR count). The Bertz CT molecular complexity index is 982. The van der Waals surface area contributed by atoms with Crippen LogP contribution < -0.4 is 11.1 Å². The SMILES string of the molecule is CCOC(=O)c1c(NC(=O)Cn2nc([N+](=O)[O-])c(Cl)c2C)sc(C(N)=O)c1C. The molecule has 28 heavy (non-hydrogen) atoms. The Labute approximate surface area is 167 Å². The lowest BCUT2D eigenvalue weighted by atomic mass is 10.1. The van der Waals surface area contributed by atoms with E-state index in [1.807, 2.05) is 0 Å². The largest absolute Gasteiger partial charge is 0.462 e. The normalized spacial score (nSPS) is 10.6. The summed E-state index contributed by atoms with van der Waals surface area (Å²) in [4.78, 5) is 46.4. The third-order valence-electron chi connectivity index (χ3n) is 3.69. The van der Waals surface area contributed by atoms with E-state index in [2.05, 4.69) is 10.4 Å². The van der Waals surface area contributed by atoms with Gasteiger partial charge in [-0.15, -0.1) is 11.3 Å². The van der Waals surface area contributed by atoms with Crippen molar-refractivity contribution in [3.8, 4) is 0 Å². The number of hydrogen-bond donors (Lipinski definition) is 2. The van der Waals surface area contributed by atoms with Crippen molar-refractivity contribution in [1.82, 2.24) is 9.78 Å². The molecule has 2 aromatic heterocycles. The van der Waals surface area contributed by atoms with Crippen molar-refractivity contribution < 1.29 is 24.0 Å². The fourth-order valence-corrected chi connectivity index (χ4v) is 3.63. The molecular weight excluding hydrogens is 414 g/mol. The number of nitro groups is 1.